The van der Waals surface area contributed by atoms with Gasteiger partial charge in [0, 0.05) is 5.38 Å². The quantitative estimate of drug-likeness (QED) is 0.351. The number of thiazole rings is 1. The zero-order valence-corrected chi connectivity index (χ0v) is 10.9. The van der Waals surface area contributed by atoms with Gasteiger partial charge in [-0.25, -0.2) is 4.98 Å². The minimum atomic E-state index is -3.97. The zero-order valence-electron chi connectivity index (χ0n) is 8.19. The van der Waals surface area contributed by atoms with Crippen LogP contribution in [0.3, 0.4) is 0 Å². The number of hydrogen-bond donors (Lipinski definition) is 5. The van der Waals surface area contributed by atoms with Gasteiger partial charge in [0.25, 0.3) is 0 Å². The van der Waals surface area contributed by atoms with Gasteiger partial charge in [-0.3, -0.25) is 9.13 Å². The van der Waals surface area contributed by atoms with E-state index < -0.39 is 15.9 Å². The Kier molecular flexibility index (Phi) is 17.1. The van der Waals surface area contributed by atoms with Crippen molar-refractivity contribution in [1.82, 2.24) is 4.98 Å². The van der Waals surface area contributed by atoms with Gasteiger partial charge in [-0.2, -0.15) is 0 Å². The summed E-state index contributed by atoms with van der Waals surface area (Å²) in [6.45, 7) is 1.82. The van der Waals surface area contributed by atoms with Crippen molar-refractivity contribution in [3.63, 3.8) is 0 Å². The van der Waals surface area contributed by atoms with Gasteiger partial charge in [0.15, 0.2) is 5.13 Å². The molecule has 1 heterocycles. The number of anilines is 1. The molecule has 0 spiro atoms. The molecule has 0 amide bonds. The molecule has 8 nitrogen and oxygen atoms in total. The second-order valence-corrected chi connectivity index (χ2v) is 5.65. The molecule has 0 radical (unpaired) electrons. The molecule has 0 saturated heterocycles. The summed E-state index contributed by atoms with van der Waals surface area (Å²) in [6, 6.07) is 0. The van der Waals surface area contributed by atoms with E-state index >= 15 is 0 Å². The van der Waals surface area contributed by atoms with E-state index in [1.165, 1.54) is 11.3 Å². The SMILES string of the molecule is Cc1csc(NCP(=O)(O)O)n1.O=[PH](O)O.[NaH].[NaH]. The first-order valence-corrected chi connectivity index (χ1v) is 7.81. The minimum absolute atomic E-state index is 0. The molecule has 0 bridgehead atoms. The molecule has 0 aliphatic rings. The summed E-state index contributed by atoms with van der Waals surface area (Å²) in [4.78, 5) is 35.3. The Labute approximate surface area is 153 Å². The van der Waals surface area contributed by atoms with Crippen LogP contribution in [0.4, 0.5) is 5.13 Å². The Morgan fingerprint density at radius 2 is 1.89 bits per heavy atom. The summed E-state index contributed by atoms with van der Waals surface area (Å²) in [6.07, 6.45) is -0.361. The number of rotatable bonds is 3. The average molecular weight is 338 g/mol. The van der Waals surface area contributed by atoms with Gasteiger partial charge < -0.3 is 24.9 Å². The van der Waals surface area contributed by atoms with Gasteiger partial charge >= 0.3 is 75.0 Å². The fourth-order valence-corrected chi connectivity index (χ4v) is 1.76. The summed E-state index contributed by atoms with van der Waals surface area (Å²) < 4.78 is 19.2. The molecule has 0 atom stereocenters. The van der Waals surface area contributed by atoms with Crippen molar-refractivity contribution < 1.29 is 28.7 Å². The van der Waals surface area contributed by atoms with Crippen molar-refractivity contribution >= 4 is 91.4 Å². The van der Waals surface area contributed by atoms with Crippen molar-refractivity contribution in [3.05, 3.63) is 11.1 Å². The predicted molar refractivity (Wildman–Crippen MR) is 75.1 cm³/mol. The van der Waals surface area contributed by atoms with E-state index in [-0.39, 0.29) is 65.4 Å². The topological polar surface area (TPSA) is 140 Å². The van der Waals surface area contributed by atoms with Gasteiger partial charge in [0.1, 0.15) is 6.29 Å². The molecular formula is C5H14N2Na2O6P2S. The summed E-state index contributed by atoms with van der Waals surface area (Å²) >= 11 is 1.32. The fourth-order valence-electron chi connectivity index (χ4n) is 0.606. The molecule has 5 N–H and O–H groups in total. The fraction of sp³-hybridized carbons (Fsp3) is 0.400. The van der Waals surface area contributed by atoms with Gasteiger partial charge in [-0.15, -0.1) is 11.3 Å². The third kappa shape index (κ3) is 17.7. The van der Waals surface area contributed by atoms with Crippen LogP contribution in [0, 0.1) is 6.92 Å². The molecule has 0 aliphatic heterocycles. The molecule has 1 aromatic rings. The first-order valence-electron chi connectivity index (χ1n) is 3.83. The van der Waals surface area contributed by atoms with E-state index in [2.05, 4.69) is 10.3 Å². The summed E-state index contributed by atoms with van der Waals surface area (Å²) in [5.74, 6) is 0. The number of nitrogens with one attached hydrogen (secondary N) is 1. The van der Waals surface area contributed by atoms with E-state index in [9.17, 15) is 4.57 Å². The van der Waals surface area contributed by atoms with Crippen LogP contribution in [0.5, 0.6) is 0 Å². The zero-order chi connectivity index (χ0) is 12.8. The molecule has 0 aromatic carbocycles. The van der Waals surface area contributed by atoms with E-state index in [4.69, 9.17) is 24.1 Å². The molecule has 0 fully saturated rings. The molecule has 98 valence electrons. The van der Waals surface area contributed by atoms with Gasteiger partial charge in [-0.05, 0) is 6.92 Å². The first kappa shape index (κ1) is 24.7. The Hall–Kier alpha value is 1.73. The molecule has 1 aromatic heterocycles. The molecule has 0 unspecified atom stereocenters. The summed E-state index contributed by atoms with van der Waals surface area (Å²) in [5.41, 5.74) is 0.841. The summed E-state index contributed by atoms with van der Waals surface area (Å²) in [7, 11) is -7.10. The predicted octanol–water partition coefficient (Wildman–Crippen LogP) is -0.938. The van der Waals surface area contributed by atoms with Crippen LogP contribution in [0.1, 0.15) is 5.69 Å². The van der Waals surface area contributed by atoms with Crippen molar-refractivity contribution in [3.8, 4) is 0 Å². The van der Waals surface area contributed by atoms with Crippen molar-refractivity contribution in [2.75, 3.05) is 11.6 Å². The Morgan fingerprint density at radius 3 is 2.17 bits per heavy atom. The van der Waals surface area contributed by atoms with Crippen molar-refractivity contribution in [2.24, 2.45) is 0 Å². The maximum atomic E-state index is 10.4. The van der Waals surface area contributed by atoms with Crippen molar-refractivity contribution in [2.45, 2.75) is 6.92 Å². The first-order chi connectivity index (χ1) is 7.20. The van der Waals surface area contributed by atoms with E-state index in [1.807, 2.05) is 12.3 Å². The summed E-state index contributed by atoms with van der Waals surface area (Å²) in [5, 5.41) is 4.90. The van der Waals surface area contributed by atoms with Crippen LogP contribution in [0.15, 0.2) is 5.38 Å². The number of aryl methyl sites for hydroxylation is 1. The average Bonchev–Trinajstić information content (AvgIpc) is 2.45. The van der Waals surface area contributed by atoms with E-state index in [1.54, 1.807) is 0 Å². The molecular weight excluding hydrogens is 324 g/mol. The van der Waals surface area contributed by atoms with Gasteiger partial charge in [0.2, 0.25) is 0 Å². The molecule has 18 heavy (non-hydrogen) atoms. The van der Waals surface area contributed by atoms with Crippen LogP contribution < -0.4 is 5.32 Å². The van der Waals surface area contributed by atoms with Crippen LogP contribution >= 0.6 is 27.2 Å². The van der Waals surface area contributed by atoms with E-state index in [0.717, 1.165) is 5.69 Å². The number of aromatic nitrogens is 1. The molecule has 13 heteroatoms. The standard InChI is InChI=1S/C5H9N2O3PS.2Na.H3O3P.2H/c1-4-2-12-5(7-4)6-3-11(8,9)10;;;1-4(2)3;;/h2H,3H2,1H3,(H,6,7)(H2,8,9,10);;;4H,(H2,1,2,3);;. The van der Waals surface area contributed by atoms with Gasteiger partial charge in [0.05, 0.1) is 5.69 Å². The Morgan fingerprint density at radius 1 is 1.44 bits per heavy atom. The molecule has 1 rings (SSSR count). The van der Waals surface area contributed by atoms with Gasteiger partial charge in [-0.1, -0.05) is 0 Å². The molecule has 0 saturated carbocycles. The van der Waals surface area contributed by atoms with Crippen LogP contribution in [-0.2, 0) is 9.13 Å². The second-order valence-electron chi connectivity index (χ2n) is 2.58. The third-order valence-electron chi connectivity index (χ3n) is 1.06. The second kappa shape index (κ2) is 12.5. The van der Waals surface area contributed by atoms with Crippen LogP contribution in [0.25, 0.3) is 0 Å². The normalized spacial score (nSPS) is 9.67. The maximum absolute atomic E-state index is 10.4. The Bertz CT molecular complexity index is 395. The van der Waals surface area contributed by atoms with Crippen molar-refractivity contribution in [1.29, 1.82) is 0 Å². The molecule has 0 aliphatic carbocycles. The van der Waals surface area contributed by atoms with E-state index in [0.29, 0.717) is 5.13 Å². The number of hydrogen-bond acceptors (Lipinski definition) is 5. The monoisotopic (exact) mass is 338 g/mol. The van der Waals surface area contributed by atoms with Crippen LogP contribution in [-0.4, -0.2) is 90.0 Å². The van der Waals surface area contributed by atoms with Crippen LogP contribution in [0.2, 0.25) is 0 Å². The third-order valence-corrected chi connectivity index (χ3v) is 2.54. The number of nitrogens with zero attached hydrogens (tertiary/aromatic N) is 1. The Balaban J connectivity index is -0.000000332.